The van der Waals surface area contributed by atoms with Crippen LogP contribution in [0.3, 0.4) is 0 Å². The van der Waals surface area contributed by atoms with Gasteiger partial charge in [-0.3, -0.25) is 9.89 Å². The highest BCUT2D eigenvalue weighted by molar-refractivity contribution is 14.0. The van der Waals surface area contributed by atoms with Gasteiger partial charge in [0, 0.05) is 20.1 Å². The number of furan rings is 1. The summed E-state index contributed by atoms with van der Waals surface area (Å²) in [5, 5.41) is 6.88. The normalized spacial score (nSPS) is 16.4. The highest BCUT2D eigenvalue weighted by Crippen LogP contribution is 2.24. The Labute approximate surface area is 179 Å². The predicted octanol–water partition coefficient (Wildman–Crippen LogP) is 4.10. The maximum atomic E-state index is 5.72. The van der Waals surface area contributed by atoms with Crippen molar-refractivity contribution in [2.45, 2.75) is 38.8 Å². The smallest absolute Gasteiger partial charge is 0.191 e. The van der Waals surface area contributed by atoms with Crippen LogP contribution in [0.5, 0.6) is 0 Å². The molecule has 2 aromatic rings. The van der Waals surface area contributed by atoms with E-state index in [0.29, 0.717) is 0 Å². The SMILES string of the molecule is CN=C(NCc1cccc(C)c1)NCC(c1ccco1)N1CCCCC1.I. The van der Waals surface area contributed by atoms with E-state index in [1.165, 1.54) is 30.4 Å². The van der Waals surface area contributed by atoms with Gasteiger partial charge in [0.15, 0.2) is 5.96 Å². The highest BCUT2D eigenvalue weighted by atomic mass is 127. The first kappa shape index (κ1) is 21.8. The van der Waals surface area contributed by atoms with Gasteiger partial charge < -0.3 is 15.1 Å². The highest BCUT2D eigenvalue weighted by Gasteiger charge is 2.24. The Morgan fingerprint density at radius 2 is 1.96 bits per heavy atom. The quantitative estimate of drug-likeness (QED) is 0.370. The van der Waals surface area contributed by atoms with Gasteiger partial charge in [0.1, 0.15) is 5.76 Å². The Bertz CT molecular complexity index is 696. The molecule has 148 valence electrons. The van der Waals surface area contributed by atoms with Gasteiger partial charge in [0.05, 0.1) is 12.3 Å². The molecule has 1 saturated heterocycles. The number of likely N-dealkylation sites (tertiary alicyclic amines) is 1. The number of aryl methyl sites for hydroxylation is 1. The number of hydrogen-bond donors (Lipinski definition) is 2. The first-order chi connectivity index (χ1) is 12.8. The van der Waals surface area contributed by atoms with Crippen LogP contribution in [-0.4, -0.2) is 37.5 Å². The molecule has 1 aromatic heterocycles. The zero-order chi connectivity index (χ0) is 18.2. The number of aliphatic imine (C=N–C) groups is 1. The van der Waals surface area contributed by atoms with E-state index in [0.717, 1.165) is 37.9 Å². The fourth-order valence-corrected chi connectivity index (χ4v) is 3.54. The molecule has 1 aromatic carbocycles. The third kappa shape index (κ3) is 6.53. The Morgan fingerprint density at radius 3 is 2.63 bits per heavy atom. The van der Waals surface area contributed by atoms with Crippen molar-refractivity contribution in [1.29, 1.82) is 0 Å². The zero-order valence-corrected chi connectivity index (χ0v) is 18.6. The van der Waals surface area contributed by atoms with Gasteiger partial charge >= 0.3 is 0 Å². The van der Waals surface area contributed by atoms with Gasteiger partial charge in [-0.05, 0) is 50.6 Å². The molecule has 6 heteroatoms. The second kappa shape index (κ2) is 11.3. The summed E-state index contributed by atoms with van der Waals surface area (Å²) < 4.78 is 5.72. The average Bonchev–Trinajstić information content (AvgIpc) is 3.20. The summed E-state index contributed by atoms with van der Waals surface area (Å²) in [4.78, 5) is 6.89. The molecule has 1 fully saturated rings. The van der Waals surface area contributed by atoms with E-state index in [1.54, 1.807) is 6.26 Å². The Balaban J connectivity index is 0.00000261. The van der Waals surface area contributed by atoms with Crippen LogP contribution in [0.2, 0.25) is 0 Å². The predicted molar refractivity (Wildman–Crippen MR) is 122 cm³/mol. The summed E-state index contributed by atoms with van der Waals surface area (Å²) in [6.45, 7) is 5.91. The molecule has 27 heavy (non-hydrogen) atoms. The van der Waals surface area contributed by atoms with Crippen LogP contribution in [0.1, 0.15) is 42.2 Å². The number of rotatable bonds is 6. The van der Waals surface area contributed by atoms with Crippen molar-refractivity contribution in [3.05, 3.63) is 59.5 Å². The molecule has 1 atom stereocenters. The minimum Gasteiger partial charge on any atom is -0.468 e. The van der Waals surface area contributed by atoms with Gasteiger partial charge in [0.2, 0.25) is 0 Å². The van der Waals surface area contributed by atoms with E-state index >= 15 is 0 Å². The van der Waals surface area contributed by atoms with Crippen molar-refractivity contribution in [1.82, 2.24) is 15.5 Å². The number of piperidine rings is 1. The van der Waals surface area contributed by atoms with Crippen LogP contribution in [0.4, 0.5) is 0 Å². The molecule has 2 heterocycles. The summed E-state index contributed by atoms with van der Waals surface area (Å²) >= 11 is 0. The van der Waals surface area contributed by atoms with Crippen molar-refractivity contribution in [3.63, 3.8) is 0 Å². The Hall–Kier alpha value is -1.54. The van der Waals surface area contributed by atoms with E-state index in [-0.39, 0.29) is 30.0 Å². The molecule has 1 aliphatic rings. The second-order valence-corrected chi connectivity index (χ2v) is 6.92. The van der Waals surface area contributed by atoms with Crippen LogP contribution in [0.25, 0.3) is 0 Å². The lowest BCUT2D eigenvalue weighted by Crippen LogP contribution is -2.44. The maximum absolute atomic E-state index is 5.72. The molecule has 2 N–H and O–H groups in total. The molecule has 0 saturated carbocycles. The molecule has 0 amide bonds. The van der Waals surface area contributed by atoms with Crippen molar-refractivity contribution in [2.24, 2.45) is 4.99 Å². The molecule has 1 unspecified atom stereocenters. The first-order valence-electron chi connectivity index (χ1n) is 9.54. The molecule has 0 spiro atoms. The lowest BCUT2D eigenvalue weighted by molar-refractivity contribution is 0.146. The van der Waals surface area contributed by atoms with E-state index < -0.39 is 0 Å². The maximum Gasteiger partial charge on any atom is 0.191 e. The van der Waals surface area contributed by atoms with Gasteiger partial charge in [-0.25, -0.2) is 0 Å². The lowest BCUT2D eigenvalue weighted by atomic mass is 10.1. The largest absolute Gasteiger partial charge is 0.468 e. The Kier molecular flexibility index (Phi) is 9.14. The number of nitrogens with zero attached hydrogens (tertiary/aromatic N) is 2. The van der Waals surface area contributed by atoms with E-state index in [9.17, 15) is 0 Å². The number of guanidine groups is 1. The van der Waals surface area contributed by atoms with Crippen LogP contribution in [0, 0.1) is 6.92 Å². The topological polar surface area (TPSA) is 52.8 Å². The van der Waals surface area contributed by atoms with Crippen molar-refractivity contribution >= 4 is 29.9 Å². The van der Waals surface area contributed by atoms with Gasteiger partial charge in [-0.1, -0.05) is 36.2 Å². The molecule has 0 aliphatic carbocycles. The minimum atomic E-state index is 0. The second-order valence-electron chi connectivity index (χ2n) is 6.92. The summed E-state index contributed by atoms with van der Waals surface area (Å²) in [7, 11) is 1.81. The average molecular weight is 482 g/mol. The molecule has 0 radical (unpaired) electrons. The van der Waals surface area contributed by atoms with Crippen LogP contribution in [-0.2, 0) is 6.54 Å². The van der Waals surface area contributed by atoms with Gasteiger partial charge in [0.25, 0.3) is 0 Å². The summed E-state index contributed by atoms with van der Waals surface area (Å²) in [5.41, 5.74) is 2.53. The molecule has 5 nitrogen and oxygen atoms in total. The fourth-order valence-electron chi connectivity index (χ4n) is 3.54. The first-order valence-corrected chi connectivity index (χ1v) is 9.54. The van der Waals surface area contributed by atoms with Crippen LogP contribution < -0.4 is 10.6 Å². The molecular formula is C21H31IN4O. The number of benzene rings is 1. The standard InChI is InChI=1S/C21H30N4O.HI/c1-17-8-6-9-18(14-17)15-23-21(22-2)24-16-19(20-10-7-13-26-20)25-11-4-3-5-12-25;/h6-10,13-14,19H,3-5,11-12,15-16H2,1-2H3,(H2,22,23,24);1H. The summed E-state index contributed by atoms with van der Waals surface area (Å²) in [6, 6.07) is 12.8. The molecule has 0 bridgehead atoms. The van der Waals surface area contributed by atoms with Gasteiger partial charge in [-0.15, -0.1) is 24.0 Å². The van der Waals surface area contributed by atoms with E-state index in [1.807, 2.05) is 13.1 Å². The van der Waals surface area contributed by atoms with E-state index in [2.05, 4.69) is 57.8 Å². The number of hydrogen-bond acceptors (Lipinski definition) is 3. The monoisotopic (exact) mass is 482 g/mol. The molecular weight excluding hydrogens is 451 g/mol. The number of nitrogens with one attached hydrogen (secondary N) is 2. The van der Waals surface area contributed by atoms with Crippen LogP contribution >= 0.6 is 24.0 Å². The molecule has 1 aliphatic heterocycles. The van der Waals surface area contributed by atoms with Crippen molar-refractivity contribution < 1.29 is 4.42 Å². The third-order valence-corrected chi connectivity index (χ3v) is 4.93. The summed E-state index contributed by atoms with van der Waals surface area (Å²) in [5.74, 6) is 1.84. The van der Waals surface area contributed by atoms with Gasteiger partial charge in [-0.2, -0.15) is 0 Å². The van der Waals surface area contributed by atoms with E-state index in [4.69, 9.17) is 4.42 Å². The van der Waals surface area contributed by atoms with Crippen molar-refractivity contribution in [3.8, 4) is 0 Å². The zero-order valence-electron chi connectivity index (χ0n) is 16.3. The van der Waals surface area contributed by atoms with Crippen molar-refractivity contribution in [2.75, 3.05) is 26.7 Å². The molecule has 3 rings (SSSR count). The lowest BCUT2D eigenvalue weighted by Gasteiger charge is -2.33. The fraction of sp³-hybridized carbons (Fsp3) is 0.476. The minimum absolute atomic E-state index is 0. The Morgan fingerprint density at radius 1 is 1.15 bits per heavy atom. The van der Waals surface area contributed by atoms with Crippen LogP contribution in [0.15, 0.2) is 52.1 Å². The summed E-state index contributed by atoms with van der Waals surface area (Å²) in [6.07, 6.45) is 5.61. The number of halogens is 1. The third-order valence-electron chi connectivity index (χ3n) is 4.93.